The van der Waals surface area contributed by atoms with Crippen LogP contribution in [0.25, 0.3) is 0 Å². The van der Waals surface area contributed by atoms with Crippen molar-refractivity contribution in [2.45, 2.75) is 19.9 Å². The van der Waals surface area contributed by atoms with Crippen LogP contribution in [0.2, 0.25) is 0 Å². The molecule has 3 heteroatoms. The van der Waals surface area contributed by atoms with Gasteiger partial charge in [-0.3, -0.25) is 0 Å². The van der Waals surface area contributed by atoms with Gasteiger partial charge in [0.2, 0.25) is 0 Å². The monoisotopic (exact) mass is 221 g/mol. The summed E-state index contributed by atoms with van der Waals surface area (Å²) in [4.78, 5) is 0. The largest absolute Gasteiger partial charge is 0.507 e. The first-order valence-electron chi connectivity index (χ1n) is 5.29. The summed E-state index contributed by atoms with van der Waals surface area (Å²) in [7, 11) is 1.58. The lowest BCUT2D eigenvalue weighted by Gasteiger charge is -2.16. The second-order valence-electron chi connectivity index (χ2n) is 3.98. The number of ether oxygens (including phenoxy) is 1. The maximum absolute atomic E-state index is 9.82. The van der Waals surface area contributed by atoms with Crippen molar-refractivity contribution in [3.05, 3.63) is 35.9 Å². The number of phenols is 1. The smallest absolute Gasteiger partial charge is 0.124 e. The molecule has 0 heterocycles. The molecule has 2 N–H and O–H groups in total. The van der Waals surface area contributed by atoms with Crippen molar-refractivity contribution in [1.29, 1.82) is 0 Å². The van der Waals surface area contributed by atoms with E-state index < -0.39 is 0 Å². The Balaban J connectivity index is 2.75. The first-order valence-corrected chi connectivity index (χ1v) is 5.29. The van der Waals surface area contributed by atoms with Crippen LogP contribution in [-0.2, 0) is 0 Å². The van der Waals surface area contributed by atoms with Crippen LogP contribution in [0.4, 0.5) is 0 Å². The fourth-order valence-electron chi connectivity index (χ4n) is 1.45. The number of benzene rings is 1. The van der Waals surface area contributed by atoms with Crippen LogP contribution in [-0.4, -0.2) is 18.8 Å². The van der Waals surface area contributed by atoms with Crippen molar-refractivity contribution in [2.75, 3.05) is 13.7 Å². The molecule has 0 amide bonds. The van der Waals surface area contributed by atoms with E-state index in [4.69, 9.17) is 4.74 Å². The van der Waals surface area contributed by atoms with E-state index in [-0.39, 0.29) is 11.8 Å². The fourth-order valence-corrected chi connectivity index (χ4v) is 1.45. The minimum Gasteiger partial charge on any atom is -0.507 e. The first kappa shape index (κ1) is 12.6. The van der Waals surface area contributed by atoms with Gasteiger partial charge >= 0.3 is 0 Å². The van der Waals surface area contributed by atoms with Crippen LogP contribution in [0.5, 0.6) is 11.5 Å². The lowest BCUT2D eigenvalue weighted by Crippen LogP contribution is -2.20. The van der Waals surface area contributed by atoms with Gasteiger partial charge in [0.05, 0.1) is 7.11 Å². The number of phenolic OH excluding ortho intramolecular Hbond substituents is 1. The molecule has 88 valence electrons. The highest BCUT2D eigenvalue weighted by atomic mass is 16.5. The third kappa shape index (κ3) is 3.28. The average Bonchev–Trinajstić information content (AvgIpc) is 2.25. The highest BCUT2D eigenvalue weighted by molar-refractivity contribution is 5.41. The van der Waals surface area contributed by atoms with Gasteiger partial charge in [-0.1, -0.05) is 18.2 Å². The third-order valence-electron chi connectivity index (χ3n) is 2.41. The number of hydrogen-bond acceptors (Lipinski definition) is 3. The van der Waals surface area contributed by atoms with Gasteiger partial charge in [-0.15, -0.1) is 0 Å². The lowest BCUT2D eigenvalue weighted by atomic mass is 10.1. The quantitative estimate of drug-likeness (QED) is 0.751. The predicted molar refractivity (Wildman–Crippen MR) is 65.9 cm³/mol. The van der Waals surface area contributed by atoms with Crippen molar-refractivity contribution in [3.8, 4) is 11.5 Å². The van der Waals surface area contributed by atoms with E-state index in [2.05, 4.69) is 11.9 Å². The van der Waals surface area contributed by atoms with Crippen molar-refractivity contribution >= 4 is 0 Å². The normalized spacial score (nSPS) is 12.2. The topological polar surface area (TPSA) is 41.5 Å². The standard InChI is InChI=1S/C13H19NO2/c1-9(2)8-14-10(3)12-6-5-11(16-4)7-13(12)15/h5-7,10,14-15H,1,8H2,2-4H3. The SMILES string of the molecule is C=C(C)CNC(C)c1ccc(OC)cc1O. The molecule has 3 nitrogen and oxygen atoms in total. The second kappa shape index (κ2) is 5.56. The summed E-state index contributed by atoms with van der Waals surface area (Å²) in [6, 6.07) is 5.41. The Bertz CT molecular complexity index is 374. The van der Waals surface area contributed by atoms with Gasteiger partial charge in [0.25, 0.3) is 0 Å². The van der Waals surface area contributed by atoms with E-state index >= 15 is 0 Å². The van der Waals surface area contributed by atoms with Crippen molar-refractivity contribution in [1.82, 2.24) is 5.32 Å². The van der Waals surface area contributed by atoms with Gasteiger partial charge < -0.3 is 15.2 Å². The molecule has 1 atom stereocenters. The zero-order valence-electron chi connectivity index (χ0n) is 10.1. The summed E-state index contributed by atoms with van der Waals surface area (Å²) in [5.41, 5.74) is 1.93. The number of methoxy groups -OCH3 is 1. The van der Waals surface area contributed by atoms with Gasteiger partial charge in [-0.2, -0.15) is 0 Å². The molecule has 0 aromatic heterocycles. The second-order valence-corrected chi connectivity index (χ2v) is 3.98. The molecule has 0 bridgehead atoms. The molecule has 0 saturated carbocycles. The molecule has 0 aliphatic heterocycles. The van der Waals surface area contributed by atoms with E-state index in [0.29, 0.717) is 5.75 Å². The molecule has 0 spiro atoms. The maximum atomic E-state index is 9.82. The van der Waals surface area contributed by atoms with Gasteiger partial charge in [-0.05, 0) is 19.9 Å². The van der Waals surface area contributed by atoms with Crippen LogP contribution in [0.1, 0.15) is 25.5 Å². The fraction of sp³-hybridized carbons (Fsp3) is 0.385. The summed E-state index contributed by atoms with van der Waals surface area (Å²) in [6.07, 6.45) is 0. The number of aromatic hydroxyl groups is 1. The van der Waals surface area contributed by atoms with Crippen molar-refractivity contribution in [2.24, 2.45) is 0 Å². The number of nitrogens with one attached hydrogen (secondary N) is 1. The van der Waals surface area contributed by atoms with Crippen LogP contribution >= 0.6 is 0 Å². The summed E-state index contributed by atoms with van der Waals surface area (Å²) >= 11 is 0. The summed E-state index contributed by atoms with van der Waals surface area (Å²) in [5.74, 6) is 0.911. The van der Waals surface area contributed by atoms with E-state index in [0.717, 1.165) is 17.7 Å². The Kier molecular flexibility index (Phi) is 4.38. The summed E-state index contributed by atoms with van der Waals surface area (Å²) in [5, 5.41) is 13.1. The highest BCUT2D eigenvalue weighted by Gasteiger charge is 2.10. The first-order chi connectivity index (χ1) is 7.54. The maximum Gasteiger partial charge on any atom is 0.124 e. The van der Waals surface area contributed by atoms with Crippen LogP contribution in [0.15, 0.2) is 30.4 Å². The van der Waals surface area contributed by atoms with Gasteiger partial charge in [-0.25, -0.2) is 0 Å². The van der Waals surface area contributed by atoms with Gasteiger partial charge in [0.15, 0.2) is 0 Å². The molecular weight excluding hydrogens is 202 g/mol. The number of rotatable bonds is 5. The Morgan fingerprint density at radius 2 is 2.25 bits per heavy atom. The minimum atomic E-state index is 0.0857. The predicted octanol–water partition coefficient (Wildman–Crippen LogP) is 2.63. The minimum absolute atomic E-state index is 0.0857. The highest BCUT2D eigenvalue weighted by Crippen LogP contribution is 2.28. The molecule has 0 aliphatic carbocycles. The molecule has 0 radical (unpaired) electrons. The molecule has 0 fully saturated rings. The van der Waals surface area contributed by atoms with Crippen LogP contribution < -0.4 is 10.1 Å². The molecule has 1 aromatic rings. The zero-order chi connectivity index (χ0) is 12.1. The zero-order valence-corrected chi connectivity index (χ0v) is 10.1. The summed E-state index contributed by atoms with van der Waals surface area (Å²) in [6.45, 7) is 8.54. The summed E-state index contributed by atoms with van der Waals surface area (Å²) < 4.78 is 5.03. The molecule has 1 rings (SSSR count). The third-order valence-corrected chi connectivity index (χ3v) is 2.41. The molecule has 1 unspecified atom stereocenters. The molecule has 16 heavy (non-hydrogen) atoms. The van der Waals surface area contributed by atoms with E-state index in [1.165, 1.54) is 0 Å². The Hall–Kier alpha value is -1.48. The van der Waals surface area contributed by atoms with E-state index in [1.54, 1.807) is 13.2 Å². The average molecular weight is 221 g/mol. The van der Waals surface area contributed by atoms with Gasteiger partial charge in [0.1, 0.15) is 11.5 Å². The van der Waals surface area contributed by atoms with Crippen molar-refractivity contribution < 1.29 is 9.84 Å². The molecule has 0 saturated heterocycles. The van der Waals surface area contributed by atoms with Crippen LogP contribution in [0.3, 0.4) is 0 Å². The van der Waals surface area contributed by atoms with Gasteiger partial charge in [0, 0.05) is 24.2 Å². The Morgan fingerprint density at radius 3 is 2.75 bits per heavy atom. The number of hydrogen-bond donors (Lipinski definition) is 2. The van der Waals surface area contributed by atoms with Crippen molar-refractivity contribution in [3.63, 3.8) is 0 Å². The molecule has 0 aliphatic rings. The molecule has 1 aromatic carbocycles. The Labute approximate surface area is 96.8 Å². The van der Waals surface area contributed by atoms with E-state index in [9.17, 15) is 5.11 Å². The lowest BCUT2D eigenvalue weighted by molar-refractivity contribution is 0.404. The van der Waals surface area contributed by atoms with E-state index in [1.807, 2.05) is 26.0 Å². The Morgan fingerprint density at radius 1 is 1.56 bits per heavy atom. The van der Waals surface area contributed by atoms with Crippen LogP contribution in [0, 0.1) is 0 Å². The molecular formula is C13H19NO2.